The molecule has 0 radical (unpaired) electrons. The summed E-state index contributed by atoms with van der Waals surface area (Å²) in [6, 6.07) is 10.1. The Hall–Kier alpha value is -2.76. The van der Waals surface area contributed by atoms with Gasteiger partial charge in [-0.2, -0.15) is 0 Å². The number of hydrogen-bond donors (Lipinski definition) is 0. The maximum Gasteiger partial charge on any atom is 0.343 e. The van der Waals surface area contributed by atoms with Gasteiger partial charge in [-0.25, -0.2) is 4.79 Å². The molecule has 0 atom stereocenters. The van der Waals surface area contributed by atoms with E-state index < -0.39 is 11.9 Å². The SMILES string of the molecule is COc1cc(/C=C2\C=C(c3ccc(Cl)cc3)OC2=O)cc(Cl)c1OC(C)=O. The van der Waals surface area contributed by atoms with Gasteiger partial charge >= 0.3 is 11.9 Å². The second-order valence-electron chi connectivity index (χ2n) is 5.63. The fraction of sp³-hybridized carbons (Fsp3) is 0.100. The van der Waals surface area contributed by atoms with Gasteiger partial charge in [0.15, 0.2) is 11.5 Å². The average molecular weight is 405 g/mol. The first-order valence-electron chi connectivity index (χ1n) is 7.85. The molecule has 7 heteroatoms. The summed E-state index contributed by atoms with van der Waals surface area (Å²) in [5.74, 6) is -0.175. The summed E-state index contributed by atoms with van der Waals surface area (Å²) in [5.41, 5.74) is 1.67. The molecule has 0 bridgehead atoms. The maximum atomic E-state index is 12.2. The lowest BCUT2D eigenvalue weighted by atomic mass is 10.1. The molecule has 0 N–H and O–H groups in total. The Labute approximate surface area is 165 Å². The number of benzene rings is 2. The van der Waals surface area contributed by atoms with E-state index in [2.05, 4.69) is 0 Å². The van der Waals surface area contributed by atoms with Gasteiger partial charge < -0.3 is 14.2 Å². The molecule has 1 heterocycles. The van der Waals surface area contributed by atoms with Crippen molar-refractivity contribution in [1.82, 2.24) is 0 Å². The van der Waals surface area contributed by atoms with E-state index in [0.29, 0.717) is 21.9 Å². The number of rotatable bonds is 4. The smallest absolute Gasteiger partial charge is 0.343 e. The Kier molecular flexibility index (Phi) is 5.54. The van der Waals surface area contributed by atoms with E-state index in [0.717, 1.165) is 5.56 Å². The number of carbonyl (C=O) groups excluding carboxylic acids is 2. The molecule has 2 aromatic rings. The first-order chi connectivity index (χ1) is 12.9. The number of ether oxygens (including phenoxy) is 3. The number of cyclic esters (lactones) is 1. The van der Waals surface area contributed by atoms with Gasteiger partial charge in [-0.05, 0) is 54.1 Å². The number of halogens is 2. The van der Waals surface area contributed by atoms with Crippen LogP contribution in [0.3, 0.4) is 0 Å². The lowest BCUT2D eigenvalue weighted by molar-refractivity contribution is -0.132. The summed E-state index contributed by atoms with van der Waals surface area (Å²) >= 11 is 12.1. The van der Waals surface area contributed by atoms with Gasteiger partial charge in [-0.15, -0.1) is 0 Å². The van der Waals surface area contributed by atoms with Crippen LogP contribution in [0.1, 0.15) is 18.1 Å². The third-order valence-electron chi connectivity index (χ3n) is 3.67. The lowest BCUT2D eigenvalue weighted by Gasteiger charge is -2.11. The van der Waals surface area contributed by atoms with Crippen LogP contribution in [0.4, 0.5) is 0 Å². The maximum absolute atomic E-state index is 12.2. The summed E-state index contributed by atoms with van der Waals surface area (Å²) in [5, 5.41) is 0.777. The van der Waals surface area contributed by atoms with Crippen molar-refractivity contribution in [3.63, 3.8) is 0 Å². The highest BCUT2D eigenvalue weighted by atomic mass is 35.5. The molecule has 0 aromatic heterocycles. The standard InChI is InChI=1S/C20H14Cl2O5/c1-11(23)26-19-16(22)8-12(9-18(19)25-2)7-14-10-17(27-20(14)24)13-3-5-15(21)6-4-13/h3-10H,1-2H3/b14-7+. The van der Waals surface area contributed by atoms with Crippen molar-refractivity contribution in [2.45, 2.75) is 6.92 Å². The Morgan fingerprint density at radius 1 is 1.15 bits per heavy atom. The molecule has 0 spiro atoms. The summed E-state index contributed by atoms with van der Waals surface area (Å²) < 4.78 is 15.6. The van der Waals surface area contributed by atoms with Gasteiger partial charge in [0.05, 0.1) is 17.7 Å². The average Bonchev–Trinajstić information content (AvgIpc) is 2.98. The molecule has 0 fully saturated rings. The zero-order chi connectivity index (χ0) is 19.6. The summed E-state index contributed by atoms with van der Waals surface area (Å²) in [6.07, 6.45) is 3.24. The Balaban J connectivity index is 1.96. The third-order valence-corrected chi connectivity index (χ3v) is 4.21. The Morgan fingerprint density at radius 2 is 1.85 bits per heavy atom. The van der Waals surface area contributed by atoms with Gasteiger partial charge in [-0.3, -0.25) is 4.79 Å². The van der Waals surface area contributed by atoms with Crippen LogP contribution >= 0.6 is 23.2 Å². The number of methoxy groups -OCH3 is 1. The molecule has 0 saturated heterocycles. The molecule has 0 unspecified atom stereocenters. The van der Waals surface area contributed by atoms with E-state index >= 15 is 0 Å². The molecule has 3 rings (SSSR count). The molecule has 27 heavy (non-hydrogen) atoms. The second-order valence-corrected chi connectivity index (χ2v) is 6.48. The molecule has 1 aliphatic rings. The lowest BCUT2D eigenvalue weighted by Crippen LogP contribution is -2.04. The van der Waals surface area contributed by atoms with Crippen molar-refractivity contribution in [2.75, 3.05) is 7.11 Å². The summed E-state index contributed by atoms with van der Waals surface area (Å²) in [7, 11) is 1.43. The third kappa shape index (κ3) is 4.32. The minimum absolute atomic E-state index is 0.125. The molecular weight excluding hydrogens is 391 g/mol. The van der Waals surface area contributed by atoms with Crippen LogP contribution in [-0.4, -0.2) is 19.0 Å². The fourth-order valence-corrected chi connectivity index (χ4v) is 2.87. The predicted octanol–water partition coefficient (Wildman–Crippen LogP) is 4.91. The number of hydrogen-bond acceptors (Lipinski definition) is 5. The Morgan fingerprint density at radius 3 is 2.48 bits per heavy atom. The Bertz CT molecular complexity index is 975. The van der Waals surface area contributed by atoms with Crippen molar-refractivity contribution in [2.24, 2.45) is 0 Å². The molecule has 1 aliphatic heterocycles. The van der Waals surface area contributed by atoms with Crippen LogP contribution < -0.4 is 9.47 Å². The van der Waals surface area contributed by atoms with Gasteiger partial charge in [0.2, 0.25) is 0 Å². The van der Waals surface area contributed by atoms with Crippen molar-refractivity contribution in [3.05, 3.63) is 69.2 Å². The minimum Gasteiger partial charge on any atom is -0.493 e. The zero-order valence-electron chi connectivity index (χ0n) is 14.4. The first kappa shape index (κ1) is 19.0. The van der Waals surface area contributed by atoms with Crippen LogP contribution in [0.2, 0.25) is 10.0 Å². The van der Waals surface area contributed by atoms with Crippen molar-refractivity contribution >= 4 is 47.0 Å². The first-order valence-corrected chi connectivity index (χ1v) is 8.60. The fourth-order valence-electron chi connectivity index (χ4n) is 2.49. The van der Waals surface area contributed by atoms with Crippen LogP contribution in [0.25, 0.3) is 11.8 Å². The van der Waals surface area contributed by atoms with E-state index in [9.17, 15) is 9.59 Å². The van der Waals surface area contributed by atoms with Gasteiger partial charge in [0, 0.05) is 17.5 Å². The number of carbonyl (C=O) groups is 2. The molecule has 0 aliphatic carbocycles. The highest BCUT2D eigenvalue weighted by Gasteiger charge is 2.22. The van der Waals surface area contributed by atoms with Crippen LogP contribution in [0.5, 0.6) is 11.5 Å². The van der Waals surface area contributed by atoms with Gasteiger partial charge in [0.25, 0.3) is 0 Å². The largest absolute Gasteiger partial charge is 0.493 e. The van der Waals surface area contributed by atoms with E-state index in [1.54, 1.807) is 48.6 Å². The van der Waals surface area contributed by atoms with E-state index in [-0.39, 0.29) is 16.5 Å². The summed E-state index contributed by atoms with van der Waals surface area (Å²) in [6.45, 7) is 1.27. The zero-order valence-corrected chi connectivity index (χ0v) is 15.9. The molecule has 2 aromatic carbocycles. The van der Waals surface area contributed by atoms with Crippen LogP contribution in [0, 0.1) is 0 Å². The normalized spacial score (nSPS) is 14.7. The molecular formula is C20H14Cl2O5. The molecule has 0 saturated carbocycles. The highest BCUT2D eigenvalue weighted by Crippen LogP contribution is 2.38. The van der Waals surface area contributed by atoms with E-state index in [4.69, 9.17) is 37.4 Å². The summed E-state index contributed by atoms with van der Waals surface area (Å²) in [4.78, 5) is 23.4. The van der Waals surface area contributed by atoms with Crippen molar-refractivity contribution in [1.29, 1.82) is 0 Å². The predicted molar refractivity (Wildman–Crippen MR) is 103 cm³/mol. The molecule has 0 amide bonds. The quantitative estimate of drug-likeness (QED) is 0.411. The van der Waals surface area contributed by atoms with E-state index in [1.807, 2.05) is 0 Å². The minimum atomic E-state index is -0.517. The van der Waals surface area contributed by atoms with Gasteiger partial charge in [0.1, 0.15) is 5.76 Å². The monoisotopic (exact) mass is 404 g/mol. The van der Waals surface area contributed by atoms with Crippen LogP contribution in [0.15, 0.2) is 48.0 Å². The number of esters is 2. The van der Waals surface area contributed by atoms with E-state index in [1.165, 1.54) is 14.0 Å². The molecule has 138 valence electrons. The van der Waals surface area contributed by atoms with Crippen molar-refractivity contribution in [3.8, 4) is 11.5 Å². The van der Waals surface area contributed by atoms with Gasteiger partial charge in [-0.1, -0.05) is 23.2 Å². The van der Waals surface area contributed by atoms with Crippen LogP contribution in [-0.2, 0) is 14.3 Å². The topological polar surface area (TPSA) is 61.8 Å². The second kappa shape index (κ2) is 7.86. The molecule has 5 nitrogen and oxygen atoms in total. The van der Waals surface area contributed by atoms with Crippen molar-refractivity contribution < 1.29 is 23.8 Å². The highest BCUT2D eigenvalue weighted by molar-refractivity contribution is 6.32.